The van der Waals surface area contributed by atoms with Crippen LogP contribution in [0.25, 0.3) is 0 Å². The molecule has 9 heteroatoms. The van der Waals surface area contributed by atoms with Crippen LogP contribution in [0.1, 0.15) is 24.2 Å². The molecule has 1 saturated heterocycles. The van der Waals surface area contributed by atoms with Crippen molar-refractivity contribution in [3.63, 3.8) is 0 Å². The summed E-state index contributed by atoms with van der Waals surface area (Å²) in [5.74, 6) is -1.31. The zero-order valence-electron chi connectivity index (χ0n) is 10.4. The predicted molar refractivity (Wildman–Crippen MR) is 60.5 cm³/mol. The fourth-order valence-corrected chi connectivity index (χ4v) is 2.29. The lowest BCUT2D eigenvalue weighted by atomic mass is 10.3. The van der Waals surface area contributed by atoms with E-state index < -0.39 is 12.1 Å². The van der Waals surface area contributed by atoms with Crippen molar-refractivity contribution >= 4 is 0 Å². The fraction of sp³-hybridized carbons (Fsp3) is 0.545. The number of rotatable bonds is 3. The molecule has 0 saturated carbocycles. The van der Waals surface area contributed by atoms with E-state index in [4.69, 9.17) is 0 Å². The molecule has 6 nitrogen and oxygen atoms in total. The van der Waals surface area contributed by atoms with Crippen LogP contribution in [0.4, 0.5) is 13.2 Å². The lowest BCUT2D eigenvalue weighted by Crippen LogP contribution is -2.21. The maximum absolute atomic E-state index is 12.3. The minimum absolute atomic E-state index is 0.0153. The first-order chi connectivity index (χ1) is 9.52. The van der Waals surface area contributed by atoms with E-state index in [0.717, 1.165) is 13.0 Å². The van der Waals surface area contributed by atoms with Crippen LogP contribution in [0.3, 0.4) is 0 Å². The molecule has 0 N–H and O–H groups in total. The zero-order chi connectivity index (χ0) is 14.2. The molecule has 0 bridgehead atoms. The summed E-state index contributed by atoms with van der Waals surface area (Å²) in [7, 11) is 0. The van der Waals surface area contributed by atoms with Gasteiger partial charge in [-0.15, -0.1) is 10.2 Å². The fourth-order valence-electron chi connectivity index (χ4n) is 2.29. The van der Waals surface area contributed by atoms with Crippen molar-refractivity contribution in [2.24, 2.45) is 0 Å². The van der Waals surface area contributed by atoms with Crippen molar-refractivity contribution in [3.8, 4) is 0 Å². The Morgan fingerprint density at radius 3 is 2.85 bits per heavy atom. The Morgan fingerprint density at radius 1 is 1.35 bits per heavy atom. The zero-order valence-corrected chi connectivity index (χ0v) is 10.4. The quantitative estimate of drug-likeness (QED) is 0.860. The van der Waals surface area contributed by atoms with E-state index in [-0.39, 0.29) is 18.5 Å². The summed E-state index contributed by atoms with van der Waals surface area (Å²) < 4.78 is 43.5. The lowest BCUT2D eigenvalue weighted by Gasteiger charge is -2.13. The second kappa shape index (κ2) is 4.89. The van der Waals surface area contributed by atoms with Gasteiger partial charge in [0.1, 0.15) is 0 Å². The first kappa shape index (κ1) is 13.1. The highest BCUT2D eigenvalue weighted by Crippen LogP contribution is 2.28. The number of halogens is 3. The summed E-state index contributed by atoms with van der Waals surface area (Å²) >= 11 is 0. The van der Waals surface area contributed by atoms with Crippen molar-refractivity contribution in [1.82, 2.24) is 24.9 Å². The normalized spacial score (nSPS) is 20.6. The summed E-state index contributed by atoms with van der Waals surface area (Å²) in [6.07, 6.45) is -0.116. The highest BCUT2D eigenvalue weighted by molar-refractivity contribution is 4.90. The van der Waals surface area contributed by atoms with Crippen LogP contribution in [0.5, 0.6) is 0 Å². The number of nitrogens with zero attached hydrogens (tertiary/aromatic N) is 5. The Morgan fingerprint density at radius 2 is 2.20 bits per heavy atom. The molecule has 3 rings (SSSR count). The molecule has 20 heavy (non-hydrogen) atoms. The van der Waals surface area contributed by atoms with Crippen LogP contribution < -0.4 is 0 Å². The molecule has 1 unspecified atom stereocenters. The predicted octanol–water partition coefficient (Wildman–Crippen LogP) is 1.73. The van der Waals surface area contributed by atoms with Crippen LogP contribution in [-0.4, -0.2) is 38.0 Å². The summed E-state index contributed by atoms with van der Waals surface area (Å²) in [4.78, 5) is 1.97. The number of hydrogen-bond donors (Lipinski definition) is 0. The van der Waals surface area contributed by atoms with Gasteiger partial charge in [-0.1, -0.05) is 0 Å². The van der Waals surface area contributed by atoms with E-state index in [1.807, 2.05) is 21.8 Å². The van der Waals surface area contributed by atoms with Gasteiger partial charge in [-0.25, -0.2) is 0 Å². The maximum atomic E-state index is 12.3. The van der Waals surface area contributed by atoms with Gasteiger partial charge in [-0.2, -0.15) is 18.3 Å². The molecule has 3 heterocycles. The van der Waals surface area contributed by atoms with Crippen molar-refractivity contribution in [2.75, 3.05) is 13.1 Å². The molecule has 1 atom stereocenters. The van der Waals surface area contributed by atoms with Crippen molar-refractivity contribution in [3.05, 3.63) is 30.2 Å². The van der Waals surface area contributed by atoms with E-state index in [9.17, 15) is 13.2 Å². The number of likely N-dealkylation sites (tertiary alicyclic amines) is 1. The molecule has 2 aromatic heterocycles. The summed E-state index contributed by atoms with van der Waals surface area (Å²) in [6.45, 7) is 1.68. The van der Waals surface area contributed by atoms with Gasteiger partial charge < -0.3 is 4.42 Å². The molecular formula is C11H12F3N5O. The molecule has 0 spiro atoms. The van der Waals surface area contributed by atoms with Gasteiger partial charge in [-0.3, -0.25) is 9.58 Å². The second-order valence-electron chi connectivity index (χ2n) is 4.66. The van der Waals surface area contributed by atoms with E-state index in [0.29, 0.717) is 6.54 Å². The molecule has 108 valence electrons. The molecule has 1 aliphatic heterocycles. The van der Waals surface area contributed by atoms with Gasteiger partial charge in [-0.05, 0) is 12.5 Å². The van der Waals surface area contributed by atoms with Gasteiger partial charge in [0, 0.05) is 25.5 Å². The van der Waals surface area contributed by atoms with Gasteiger partial charge in [0.2, 0.25) is 5.89 Å². The minimum Gasteiger partial charge on any atom is -0.416 e. The van der Waals surface area contributed by atoms with Crippen LogP contribution in [0, 0.1) is 0 Å². The Kier molecular flexibility index (Phi) is 3.20. The SMILES string of the molecule is FC(F)(F)c1nnc(CN2CCC(n3cccn3)C2)o1. The largest absolute Gasteiger partial charge is 0.470 e. The van der Waals surface area contributed by atoms with E-state index in [1.54, 1.807) is 6.20 Å². The Labute approximate surface area is 112 Å². The Balaban J connectivity index is 1.61. The van der Waals surface area contributed by atoms with Gasteiger partial charge in [0.15, 0.2) is 0 Å². The second-order valence-corrected chi connectivity index (χ2v) is 4.66. The molecular weight excluding hydrogens is 275 g/mol. The summed E-state index contributed by atoms with van der Waals surface area (Å²) in [5, 5.41) is 10.6. The molecule has 0 radical (unpaired) electrons. The Hall–Kier alpha value is -1.90. The van der Waals surface area contributed by atoms with Crippen molar-refractivity contribution in [2.45, 2.75) is 25.2 Å². The van der Waals surface area contributed by atoms with E-state index in [1.165, 1.54) is 0 Å². The van der Waals surface area contributed by atoms with E-state index >= 15 is 0 Å². The van der Waals surface area contributed by atoms with Crippen LogP contribution >= 0.6 is 0 Å². The first-order valence-electron chi connectivity index (χ1n) is 6.13. The number of alkyl halides is 3. The number of hydrogen-bond acceptors (Lipinski definition) is 5. The smallest absolute Gasteiger partial charge is 0.416 e. The van der Waals surface area contributed by atoms with E-state index in [2.05, 4.69) is 19.7 Å². The standard InChI is InChI=1S/C11H12F3N5O/c12-11(13,14)10-17-16-9(20-10)7-18-5-2-8(6-18)19-4-1-3-15-19/h1,3-4,8H,2,5-7H2. The van der Waals surface area contributed by atoms with Crippen molar-refractivity contribution in [1.29, 1.82) is 0 Å². The average molecular weight is 287 g/mol. The monoisotopic (exact) mass is 287 g/mol. The highest BCUT2D eigenvalue weighted by atomic mass is 19.4. The molecule has 1 fully saturated rings. The topological polar surface area (TPSA) is 60.0 Å². The van der Waals surface area contributed by atoms with Crippen LogP contribution in [-0.2, 0) is 12.7 Å². The van der Waals surface area contributed by atoms with Gasteiger partial charge in [0.05, 0.1) is 12.6 Å². The maximum Gasteiger partial charge on any atom is 0.470 e. The molecule has 0 aromatic carbocycles. The molecule has 0 amide bonds. The average Bonchev–Trinajstić information content (AvgIpc) is 3.08. The van der Waals surface area contributed by atoms with Gasteiger partial charge in [0.25, 0.3) is 0 Å². The molecule has 2 aromatic rings. The summed E-state index contributed by atoms with van der Waals surface area (Å²) in [5.41, 5.74) is 0. The minimum atomic E-state index is -4.59. The van der Waals surface area contributed by atoms with Crippen LogP contribution in [0.15, 0.2) is 22.9 Å². The highest BCUT2D eigenvalue weighted by Gasteiger charge is 2.38. The number of aromatic nitrogens is 4. The lowest BCUT2D eigenvalue weighted by molar-refractivity contribution is -0.157. The van der Waals surface area contributed by atoms with Crippen molar-refractivity contribution < 1.29 is 17.6 Å². The third-order valence-electron chi connectivity index (χ3n) is 3.21. The first-order valence-corrected chi connectivity index (χ1v) is 6.13. The molecule has 1 aliphatic rings. The Bertz CT molecular complexity index is 565. The van der Waals surface area contributed by atoms with Gasteiger partial charge >= 0.3 is 12.1 Å². The third-order valence-corrected chi connectivity index (χ3v) is 3.21. The third kappa shape index (κ3) is 2.67. The molecule has 0 aliphatic carbocycles. The van der Waals surface area contributed by atoms with Crippen LogP contribution in [0.2, 0.25) is 0 Å². The summed E-state index contributed by atoms with van der Waals surface area (Å²) in [6, 6.07) is 2.08.